The number of hydrogen-bond acceptors (Lipinski definition) is 3. The van der Waals surface area contributed by atoms with Gasteiger partial charge in [0.15, 0.2) is 0 Å². The first-order valence-electron chi connectivity index (χ1n) is 16.8. The van der Waals surface area contributed by atoms with Crippen LogP contribution in [0.3, 0.4) is 0 Å². The van der Waals surface area contributed by atoms with Crippen molar-refractivity contribution in [1.82, 2.24) is 0 Å². The highest BCUT2D eigenvalue weighted by Crippen LogP contribution is 2.68. The Balaban J connectivity index is 0.000000826. The Bertz CT molecular complexity index is 924. The third-order valence-corrected chi connectivity index (χ3v) is 11.7. The second-order valence-corrected chi connectivity index (χ2v) is 15.7. The number of nitrogen functional groups attached to an aromatic ring is 2. The lowest BCUT2D eigenvalue weighted by Gasteiger charge is -2.61. The Morgan fingerprint density at radius 1 is 0.846 bits per heavy atom. The van der Waals surface area contributed by atoms with Gasteiger partial charge in [-0.05, 0) is 135 Å². The zero-order valence-corrected chi connectivity index (χ0v) is 26.6. The standard InChI is InChI=1S/C32H52N2O.C4H10/c1-21(2)7-5-6-8-22-10-13-27-26-12-9-23-19-25(35-30-14-11-24(33)20-29(30)34)15-17-32(23,4)28(26)16-18-31(22,27)3;1-4(2)3/h11,14,20-23,25-28H,5-10,12-13,15-19,33-34H2,1-4H3;4H,1-3H3. The largest absolute Gasteiger partial charge is 0.488 e. The summed E-state index contributed by atoms with van der Waals surface area (Å²) in [5.41, 5.74) is 14.6. The predicted octanol–water partition coefficient (Wildman–Crippen LogP) is 10.1. The highest BCUT2D eigenvalue weighted by atomic mass is 16.5. The van der Waals surface area contributed by atoms with Crippen molar-refractivity contribution in [2.45, 2.75) is 138 Å². The lowest BCUT2D eigenvalue weighted by molar-refractivity contribution is -0.124. The highest BCUT2D eigenvalue weighted by Gasteiger charge is 2.60. The summed E-state index contributed by atoms with van der Waals surface area (Å²) in [6, 6.07) is 5.68. The molecule has 8 unspecified atom stereocenters. The van der Waals surface area contributed by atoms with Crippen LogP contribution in [0.25, 0.3) is 0 Å². The zero-order chi connectivity index (χ0) is 28.4. The molecule has 0 aliphatic heterocycles. The maximum atomic E-state index is 6.45. The van der Waals surface area contributed by atoms with E-state index in [1.807, 2.05) is 18.2 Å². The quantitative estimate of drug-likeness (QED) is 0.268. The Labute approximate surface area is 241 Å². The SMILES string of the molecule is CC(C)C.CC(C)CCCCC1CCC2C3CCC4CC(Oc5ccc(N)cc5N)CCC4(C)C3CCC12C. The van der Waals surface area contributed by atoms with E-state index < -0.39 is 0 Å². The molecule has 3 heteroatoms. The number of unbranched alkanes of at least 4 members (excludes halogenated alkanes) is 1. The molecule has 4 saturated carbocycles. The molecule has 39 heavy (non-hydrogen) atoms. The van der Waals surface area contributed by atoms with Crippen molar-refractivity contribution in [2.24, 2.45) is 52.3 Å². The molecule has 0 heterocycles. The Morgan fingerprint density at radius 2 is 1.54 bits per heavy atom. The van der Waals surface area contributed by atoms with Crippen LogP contribution in [0.2, 0.25) is 0 Å². The van der Waals surface area contributed by atoms with Gasteiger partial charge >= 0.3 is 0 Å². The average molecular weight is 539 g/mol. The van der Waals surface area contributed by atoms with Gasteiger partial charge in [0.1, 0.15) is 5.75 Å². The van der Waals surface area contributed by atoms with Gasteiger partial charge in [0.2, 0.25) is 0 Å². The van der Waals surface area contributed by atoms with Gasteiger partial charge in [-0.1, -0.05) is 67.7 Å². The maximum absolute atomic E-state index is 6.45. The molecule has 4 aliphatic carbocycles. The van der Waals surface area contributed by atoms with E-state index in [1.54, 1.807) is 0 Å². The molecule has 8 atom stereocenters. The molecule has 0 aromatic heterocycles. The van der Waals surface area contributed by atoms with Crippen molar-refractivity contribution in [1.29, 1.82) is 0 Å². The fraction of sp³-hybridized carbons (Fsp3) is 0.833. The predicted molar refractivity (Wildman–Crippen MR) is 169 cm³/mol. The second kappa shape index (κ2) is 12.6. The van der Waals surface area contributed by atoms with Crippen LogP contribution in [-0.2, 0) is 0 Å². The van der Waals surface area contributed by atoms with Gasteiger partial charge in [-0.25, -0.2) is 0 Å². The van der Waals surface area contributed by atoms with Gasteiger partial charge in [-0.15, -0.1) is 0 Å². The van der Waals surface area contributed by atoms with Gasteiger partial charge in [-0.2, -0.15) is 0 Å². The summed E-state index contributed by atoms with van der Waals surface area (Å²) in [5, 5.41) is 0. The molecular formula is C36H62N2O. The molecule has 4 fully saturated rings. The maximum Gasteiger partial charge on any atom is 0.142 e. The minimum absolute atomic E-state index is 0.297. The van der Waals surface area contributed by atoms with Gasteiger partial charge < -0.3 is 16.2 Å². The number of rotatable bonds is 7. The fourth-order valence-corrected chi connectivity index (χ4v) is 9.71. The molecule has 1 aromatic carbocycles. The molecule has 0 saturated heterocycles. The summed E-state index contributed by atoms with van der Waals surface area (Å²) in [6.07, 6.45) is 18.6. The van der Waals surface area contributed by atoms with Gasteiger partial charge in [0.25, 0.3) is 0 Å². The number of nitrogens with two attached hydrogens (primary N) is 2. The molecule has 5 rings (SSSR count). The third-order valence-electron chi connectivity index (χ3n) is 11.7. The van der Waals surface area contributed by atoms with E-state index in [0.717, 1.165) is 47.2 Å². The van der Waals surface area contributed by atoms with E-state index in [4.69, 9.17) is 16.2 Å². The first-order chi connectivity index (χ1) is 18.4. The van der Waals surface area contributed by atoms with E-state index in [2.05, 4.69) is 48.5 Å². The summed E-state index contributed by atoms with van der Waals surface area (Å²) in [7, 11) is 0. The first-order valence-corrected chi connectivity index (χ1v) is 16.8. The highest BCUT2D eigenvalue weighted by molar-refractivity contribution is 5.60. The summed E-state index contributed by atoms with van der Waals surface area (Å²) >= 11 is 0. The summed E-state index contributed by atoms with van der Waals surface area (Å²) < 4.78 is 6.45. The molecule has 3 nitrogen and oxygen atoms in total. The van der Waals surface area contributed by atoms with Gasteiger partial charge in [-0.3, -0.25) is 0 Å². The van der Waals surface area contributed by atoms with E-state index in [0.29, 0.717) is 28.3 Å². The van der Waals surface area contributed by atoms with Crippen LogP contribution in [0, 0.1) is 52.3 Å². The fourth-order valence-electron chi connectivity index (χ4n) is 9.71. The Morgan fingerprint density at radius 3 is 2.23 bits per heavy atom. The van der Waals surface area contributed by atoms with Crippen LogP contribution in [0.15, 0.2) is 18.2 Å². The molecular weight excluding hydrogens is 476 g/mol. The molecule has 222 valence electrons. The number of ether oxygens (including phenoxy) is 1. The Kier molecular flexibility index (Phi) is 9.91. The third kappa shape index (κ3) is 6.75. The number of fused-ring (bicyclic) bond motifs is 5. The van der Waals surface area contributed by atoms with Crippen molar-refractivity contribution in [2.75, 3.05) is 11.5 Å². The number of anilines is 2. The van der Waals surface area contributed by atoms with Crippen LogP contribution in [0.5, 0.6) is 5.75 Å². The van der Waals surface area contributed by atoms with E-state index in [-0.39, 0.29) is 0 Å². The minimum atomic E-state index is 0.297. The van der Waals surface area contributed by atoms with E-state index >= 15 is 0 Å². The lowest BCUT2D eigenvalue weighted by atomic mass is 9.44. The number of benzene rings is 1. The minimum Gasteiger partial charge on any atom is -0.488 e. The van der Waals surface area contributed by atoms with Gasteiger partial charge in [0.05, 0.1) is 11.8 Å². The normalized spacial score (nSPS) is 37.5. The molecule has 0 bridgehead atoms. The zero-order valence-electron chi connectivity index (χ0n) is 26.6. The molecule has 4 aliphatic rings. The molecule has 0 radical (unpaired) electrons. The Hall–Kier alpha value is -1.38. The van der Waals surface area contributed by atoms with Crippen molar-refractivity contribution in [3.63, 3.8) is 0 Å². The average Bonchev–Trinajstić information content (AvgIpc) is 3.19. The molecule has 0 spiro atoms. The van der Waals surface area contributed by atoms with Crippen molar-refractivity contribution >= 4 is 11.4 Å². The smallest absolute Gasteiger partial charge is 0.142 e. The molecule has 0 amide bonds. The molecule has 4 N–H and O–H groups in total. The van der Waals surface area contributed by atoms with Crippen LogP contribution >= 0.6 is 0 Å². The van der Waals surface area contributed by atoms with E-state index in [9.17, 15) is 0 Å². The van der Waals surface area contributed by atoms with E-state index in [1.165, 1.54) is 83.5 Å². The second-order valence-electron chi connectivity index (χ2n) is 15.7. The van der Waals surface area contributed by atoms with Crippen LogP contribution in [-0.4, -0.2) is 6.10 Å². The number of hydrogen-bond donors (Lipinski definition) is 2. The van der Waals surface area contributed by atoms with Crippen LogP contribution in [0.4, 0.5) is 11.4 Å². The van der Waals surface area contributed by atoms with Crippen molar-refractivity contribution < 1.29 is 4.74 Å². The van der Waals surface area contributed by atoms with Crippen LogP contribution in [0.1, 0.15) is 132 Å². The van der Waals surface area contributed by atoms with Crippen molar-refractivity contribution in [3.05, 3.63) is 18.2 Å². The van der Waals surface area contributed by atoms with Crippen molar-refractivity contribution in [3.8, 4) is 5.75 Å². The summed E-state index contributed by atoms with van der Waals surface area (Å²) in [4.78, 5) is 0. The topological polar surface area (TPSA) is 61.3 Å². The lowest BCUT2D eigenvalue weighted by Crippen LogP contribution is -2.54. The molecule has 1 aromatic rings. The van der Waals surface area contributed by atoms with Gasteiger partial charge in [0, 0.05) is 5.69 Å². The summed E-state index contributed by atoms with van der Waals surface area (Å²) in [6.45, 7) is 16.6. The first kappa shape index (κ1) is 30.6. The monoisotopic (exact) mass is 538 g/mol. The summed E-state index contributed by atoms with van der Waals surface area (Å²) in [5.74, 6) is 7.19. The van der Waals surface area contributed by atoms with Crippen LogP contribution < -0.4 is 16.2 Å².